The van der Waals surface area contributed by atoms with E-state index in [0.717, 1.165) is 18.0 Å². The molecule has 0 spiro atoms. The molecule has 2 rings (SSSR count). The first-order chi connectivity index (χ1) is 7.86. The molecule has 1 saturated heterocycles. The van der Waals surface area contributed by atoms with E-state index >= 15 is 0 Å². The first-order valence-electron chi connectivity index (χ1n) is 7.33. The molecule has 0 bridgehead atoms. The van der Waals surface area contributed by atoms with E-state index in [9.17, 15) is 0 Å². The molecule has 2 atom stereocenters. The van der Waals surface area contributed by atoms with Crippen LogP contribution in [0.5, 0.6) is 0 Å². The Morgan fingerprint density at radius 2 is 1.88 bits per heavy atom. The smallest absolute Gasteiger partial charge is 0.0348 e. The van der Waals surface area contributed by atoms with Crippen LogP contribution in [0.3, 0.4) is 0 Å². The van der Waals surface area contributed by atoms with Crippen molar-refractivity contribution in [2.75, 3.05) is 19.6 Å². The van der Waals surface area contributed by atoms with E-state index in [2.05, 4.69) is 24.1 Å². The highest BCUT2D eigenvalue weighted by atomic mass is 15.3. The van der Waals surface area contributed by atoms with Crippen LogP contribution in [-0.2, 0) is 0 Å². The zero-order chi connectivity index (χ0) is 11.4. The summed E-state index contributed by atoms with van der Waals surface area (Å²) in [5.41, 5.74) is 0. The maximum absolute atomic E-state index is 3.43. The second-order valence-corrected chi connectivity index (χ2v) is 5.57. The quantitative estimate of drug-likeness (QED) is 0.772. The highest BCUT2D eigenvalue weighted by Crippen LogP contribution is 2.32. The number of rotatable bonds is 5. The van der Waals surface area contributed by atoms with Crippen LogP contribution in [0.15, 0.2) is 0 Å². The third-order valence-corrected chi connectivity index (χ3v) is 4.53. The fraction of sp³-hybridized carbons (Fsp3) is 1.00. The molecule has 0 radical (unpaired) electrons. The standard InChI is InChI=1S/C14H28N2/c1-3-9-16(13-10-15-11-13)14-8-6-5-7-12(14)4-2/h12-15H,3-11H2,1-2H3. The number of hydrogen-bond donors (Lipinski definition) is 1. The van der Waals surface area contributed by atoms with Crippen LogP contribution in [0, 0.1) is 5.92 Å². The second-order valence-electron chi connectivity index (χ2n) is 5.57. The van der Waals surface area contributed by atoms with Gasteiger partial charge in [0, 0.05) is 25.2 Å². The number of nitrogens with zero attached hydrogens (tertiary/aromatic N) is 1. The Balaban J connectivity index is 1.97. The SMILES string of the molecule is CCCN(C1CNC1)C1CCCCC1CC. The predicted molar refractivity (Wildman–Crippen MR) is 69.7 cm³/mol. The van der Waals surface area contributed by atoms with Gasteiger partial charge in [-0.25, -0.2) is 0 Å². The van der Waals surface area contributed by atoms with E-state index in [1.54, 1.807) is 0 Å². The molecule has 1 N–H and O–H groups in total. The van der Waals surface area contributed by atoms with E-state index in [1.165, 1.54) is 58.2 Å². The molecule has 0 aromatic heterocycles. The van der Waals surface area contributed by atoms with Gasteiger partial charge >= 0.3 is 0 Å². The third kappa shape index (κ3) is 2.60. The van der Waals surface area contributed by atoms with Gasteiger partial charge in [0.25, 0.3) is 0 Å². The normalized spacial score (nSPS) is 31.7. The summed E-state index contributed by atoms with van der Waals surface area (Å²) in [6.07, 6.45) is 8.55. The summed E-state index contributed by atoms with van der Waals surface area (Å²) >= 11 is 0. The Morgan fingerprint density at radius 1 is 1.12 bits per heavy atom. The van der Waals surface area contributed by atoms with E-state index in [-0.39, 0.29) is 0 Å². The molecule has 0 aromatic rings. The molecule has 2 unspecified atom stereocenters. The average Bonchev–Trinajstić information content (AvgIpc) is 2.26. The van der Waals surface area contributed by atoms with E-state index in [1.807, 2.05) is 0 Å². The lowest BCUT2D eigenvalue weighted by Gasteiger charge is -2.47. The molecule has 1 heterocycles. The van der Waals surface area contributed by atoms with Crippen LogP contribution in [0.2, 0.25) is 0 Å². The van der Waals surface area contributed by atoms with E-state index < -0.39 is 0 Å². The highest BCUT2D eigenvalue weighted by Gasteiger charge is 2.34. The van der Waals surface area contributed by atoms with E-state index in [0.29, 0.717) is 0 Å². The van der Waals surface area contributed by atoms with Crippen LogP contribution >= 0.6 is 0 Å². The summed E-state index contributed by atoms with van der Waals surface area (Å²) in [5.74, 6) is 0.973. The first kappa shape index (κ1) is 12.4. The highest BCUT2D eigenvalue weighted by molar-refractivity contribution is 4.92. The van der Waals surface area contributed by atoms with Crippen LogP contribution in [-0.4, -0.2) is 36.6 Å². The monoisotopic (exact) mass is 224 g/mol. The Labute approximate surface area is 101 Å². The van der Waals surface area contributed by atoms with Crippen molar-refractivity contribution in [3.8, 4) is 0 Å². The Kier molecular flexibility index (Phi) is 4.66. The molecule has 2 aliphatic rings. The molecule has 16 heavy (non-hydrogen) atoms. The molecule has 0 amide bonds. The minimum absolute atomic E-state index is 0.845. The predicted octanol–water partition coefficient (Wildman–Crippen LogP) is 2.64. The summed E-state index contributed by atoms with van der Waals surface area (Å²) in [4.78, 5) is 2.84. The first-order valence-corrected chi connectivity index (χ1v) is 7.33. The maximum atomic E-state index is 3.43. The summed E-state index contributed by atoms with van der Waals surface area (Å²) < 4.78 is 0. The van der Waals surface area contributed by atoms with Gasteiger partial charge in [0.1, 0.15) is 0 Å². The summed E-state index contributed by atoms with van der Waals surface area (Å²) in [6.45, 7) is 8.47. The second kappa shape index (κ2) is 6.02. The van der Waals surface area contributed by atoms with Gasteiger partial charge in [0.2, 0.25) is 0 Å². The molecule has 2 nitrogen and oxygen atoms in total. The number of hydrogen-bond acceptors (Lipinski definition) is 2. The minimum Gasteiger partial charge on any atom is -0.314 e. The topological polar surface area (TPSA) is 15.3 Å². The van der Waals surface area contributed by atoms with Gasteiger partial charge < -0.3 is 5.32 Å². The summed E-state index contributed by atoms with van der Waals surface area (Å²) in [5, 5.41) is 3.43. The van der Waals surface area contributed by atoms with Crippen molar-refractivity contribution in [3.63, 3.8) is 0 Å². The maximum Gasteiger partial charge on any atom is 0.0348 e. The van der Waals surface area contributed by atoms with Gasteiger partial charge in [-0.2, -0.15) is 0 Å². The molecule has 1 aliphatic heterocycles. The van der Waals surface area contributed by atoms with Crippen molar-refractivity contribution in [1.29, 1.82) is 0 Å². The van der Waals surface area contributed by atoms with Gasteiger partial charge in [-0.05, 0) is 31.7 Å². The van der Waals surface area contributed by atoms with Gasteiger partial charge in [0.15, 0.2) is 0 Å². The summed E-state index contributed by atoms with van der Waals surface area (Å²) in [6, 6.07) is 1.74. The fourth-order valence-electron chi connectivity index (χ4n) is 3.49. The van der Waals surface area contributed by atoms with Crippen molar-refractivity contribution in [2.24, 2.45) is 5.92 Å². The van der Waals surface area contributed by atoms with Crippen molar-refractivity contribution < 1.29 is 0 Å². The molecule has 0 aromatic carbocycles. The van der Waals surface area contributed by atoms with Crippen molar-refractivity contribution in [1.82, 2.24) is 10.2 Å². The molecule has 94 valence electrons. The Hall–Kier alpha value is -0.0800. The lowest BCUT2D eigenvalue weighted by molar-refractivity contribution is 0.0385. The van der Waals surface area contributed by atoms with Gasteiger partial charge in [-0.3, -0.25) is 4.90 Å². The summed E-state index contributed by atoms with van der Waals surface area (Å²) in [7, 11) is 0. The average molecular weight is 224 g/mol. The van der Waals surface area contributed by atoms with Gasteiger partial charge in [-0.1, -0.05) is 33.1 Å². The lowest BCUT2D eigenvalue weighted by atomic mass is 9.81. The van der Waals surface area contributed by atoms with Gasteiger partial charge in [-0.15, -0.1) is 0 Å². The third-order valence-electron chi connectivity index (χ3n) is 4.53. The van der Waals surface area contributed by atoms with E-state index in [4.69, 9.17) is 0 Å². The van der Waals surface area contributed by atoms with Crippen molar-refractivity contribution in [3.05, 3.63) is 0 Å². The van der Waals surface area contributed by atoms with Crippen molar-refractivity contribution >= 4 is 0 Å². The molecule has 2 fully saturated rings. The molecule has 1 aliphatic carbocycles. The van der Waals surface area contributed by atoms with Crippen LogP contribution in [0.1, 0.15) is 52.4 Å². The zero-order valence-corrected chi connectivity index (χ0v) is 11.0. The Morgan fingerprint density at radius 3 is 2.44 bits per heavy atom. The fourth-order valence-corrected chi connectivity index (χ4v) is 3.49. The van der Waals surface area contributed by atoms with Crippen LogP contribution in [0.4, 0.5) is 0 Å². The minimum atomic E-state index is 0.845. The van der Waals surface area contributed by atoms with Gasteiger partial charge in [0.05, 0.1) is 0 Å². The largest absolute Gasteiger partial charge is 0.314 e. The lowest BCUT2D eigenvalue weighted by Crippen LogP contribution is -2.61. The molecular weight excluding hydrogens is 196 g/mol. The molecular formula is C14H28N2. The van der Waals surface area contributed by atoms with Crippen LogP contribution < -0.4 is 5.32 Å². The number of nitrogens with one attached hydrogen (secondary N) is 1. The van der Waals surface area contributed by atoms with Crippen LogP contribution in [0.25, 0.3) is 0 Å². The Bertz CT molecular complexity index is 199. The van der Waals surface area contributed by atoms with Crippen molar-refractivity contribution in [2.45, 2.75) is 64.5 Å². The molecule has 1 saturated carbocycles. The zero-order valence-electron chi connectivity index (χ0n) is 11.0. The molecule has 2 heteroatoms.